The first-order valence-electron chi connectivity index (χ1n) is 12.8. The van der Waals surface area contributed by atoms with Crippen molar-refractivity contribution in [1.82, 2.24) is 9.78 Å². The Morgan fingerprint density at radius 2 is 1.75 bits per heavy atom. The molecule has 0 saturated heterocycles. The summed E-state index contributed by atoms with van der Waals surface area (Å²) in [6, 6.07) is 14.2. The summed E-state index contributed by atoms with van der Waals surface area (Å²) in [6.07, 6.45) is 9.11. The molecule has 1 amide bonds. The summed E-state index contributed by atoms with van der Waals surface area (Å²) in [5.41, 5.74) is 3.44. The molecule has 36 heavy (non-hydrogen) atoms. The number of para-hydroxylation sites is 1. The van der Waals surface area contributed by atoms with Crippen molar-refractivity contribution in [3.8, 4) is 5.69 Å². The van der Waals surface area contributed by atoms with E-state index in [4.69, 9.17) is 9.84 Å². The number of aryl methyl sites for hydroxylation is 1. The number of nitrogens with zero attached hydrogens (tertiary/aromatic N) is 2. The lowest BCUT2D eigenvalue weighted by molar-refractivity contribution is -0.169. The Morgan fingerprint density at radius 1 is 1.06 bits per heavy atom. The molecule has 2 aromatic carbocycles. The zero-order chi connectivity index (χ0) is 24.9. The van der Waals surface area contributed by atoms with E-state index in [0.717, 1.165) is 48.3 Å². The summed E-state index contributed by atoms with van der Waals surface area (Å²) in [5.74, 6) is 0.935. The number of hydrogen-bond donors (Lipinski definition) is 2. The molecular formula is C29H31N3O4. The van der Waals surface area contributed by atoms with Crippen LogP contribution < -0.4 is 5.32 Å². The molecule has 7 nitrogen and oxygen atoms in total. The molecule has 7 rings (SSSR count). The second-order valence-corrected chi connectivity index (χ2v) is 10.9. The first-order valence-corrected chi connectivity index (χ1v) is 12.8. The molecule has 186 valence electrons. The fourth-order valence-electron chi connectivity index (χ4n) is 7.01. The largest absolute Gasteiger partial charge is 0.478 e. The Hall–Kier alpha value is -3.45. The maximum Gasteiger partial charge on any atom is 0.335 e. The number of carboxylic acid groups (broad SMARTS) is 1. The Balaban J connectivity index is 1.29. The molecule has 4 aliphatic carbocycles. The third-order valence-corrected chi connectivity index (χ3v) is 8.26. The molecule has 0 atom stereocenters. The lowest BCUT2D eigenvalue weighted by Crippen LogP contribution is -2.51. The van der Waals surface area contributed by atoms with E-state index in [1.165, 1.54) is 31.4 Å². The minimum Gasteiger partial charge on any atom is -0.478 e. The van der Waals surface area contributed by atoms with Crippen LogP contribution >= 0.6 is 0 Å². The van der Waals surface area contributed by atoms with E-state index >= 15 is 0 Å². The normalized spacial score (nSPS) is 26.2. The monoisotopic (exact) mass is 485 g/mol. The van der Waals surface area contributed by atoms with Crippen molar-refractivity contribution in [3.05, 3.63) is 77.1 Å². The number of carbonyl (C=O) groups excluding carboxylic acids is 1. The third kappa shape index (κ3) is 4.32. The predicted octanol–water partition coefficient (Wildman–Crippen LogP) is 5.62. The van der Waals surface area contributed by atoms with Gasteiger partial charge >= 0.3 is 5.97 Å². The van der Waals surface area contributed by atoms with Crippen LogP contribution in [0.15, 0.2) is 54.7 Å². The van der Waals surface area contributed by atoms with E-state index in [0.29, 0.717) is 16.9 Å². The van der Waals surface area contributed by atoms with E-state index in [-0.39, 0.29) is 23.7 Å². The Morgan fingerprint density at radius 3 is 2.42 bits per heavy atom. The molecule has 1 heterocycles. The highest BCUT2D eigenvalue weighted by Gasteiger charge is 2.51. The zero-order valence-electron chi connectivity index (χ0n) is 20.4. The van der Waals surface area contributed by atoms with Gasteiger partial charge in [0.15, 0.2) is 0 Å². The van der Waals surface area contributed by atoms with Crippen LogP contribution in [0.3, 0.4) is 0 Å². The quantitative estimate of drug-likeness (QED) is 0.453. The minimum atomic E-state index is -1.04. The summed E-state index contributed by atoms with van der Waals surface area (Å²) in [5, 5.41) is 17.0. The first-order chi connectivity index (χ1) is 17.4. The molecule has 7 heteroatoms. The van der Waals surface area contributed by atoms with Gasteiger partial charge in [-0.1, -0.05) is 24.3 Å². The molecule has 2 N–H and O–H groups in total. The minimum absolute atomic E-state index is 0.0925. The molecule has 4 aliphatic rings. The predicted molar refractivity (Wildman–Crippen MR) is 135 cm³/mol. The fraction of sp³-hybridized carbons (Fsp3) is 0.414. The van der Waals surface area contributed by atoms with Crippen LogP contribution in [-0.2, 0) is 11.3 Å². The number of benzene rings is 2. The second-order valence-electron chi connectivity index (χ2n) is 10.9. The molecule has 0 radical (unpaired) electrons. The fourth-order valence-corrected chi connectivity index (χ4v) is 7.01. The van der Waals surface area contributed by atoms with Crippen molar-refractivity contribution in [2.24, 2.45) is 17.8 Å². The van der Waals surface area contributed by atoms with Gasteiger partial charge in [-0.3, -0.25) is 4.79 Å². The van der Waals surface area contributed by atoms with Gasteiger partial charge in [-0.05, 0) is 93.0 Å². The van der Waals surface area contributed by atoms with Crippen molar-refractivity contribution in [3.63, 3.8) is 0 Å². The van der Waals surface area contributed by atoms with Gasteiger partial charge in [0.05, 0.1) is 29.0 Å². The van der Waals surface area contributed by atoms with Crippen LogP contribution in [0.25, 0.3) is 5.69 Å². The van der Waals surface area contributed by atoms with Crippen LogP contribution in [0.2, 0.25) is 0 Å². The van der Waals surface area contributed by atoms with Crippen LogP contribution in [-0.4, -0.2) is 32.4 Å². The first kappa shape index (κ1) is 23.0. The number of ether oxygens (including phenoxy) is 1. The standard InChI is InChI=1S/C29H31N3O4/c1-18-5-2-3-8-26(18)32-16-24(27(33)30-23-7-4-6-22(12-23)28(34)35)25(31-32)17-36-29-13-19-9-20(14-29)11-21(10-19)15-29/h2-8,12,16,19-21H,9-11,13-15,17H2,1H3,(H,30,33)(H,34,35). The number of hydrogen-bond acceptors (Lipinski definition) is 4. The highest BCUT2D eigenvalue weighted by atomic mass is 16.5. The van der Waals surface area contributed by atoms with Gasteiger partial charge in [0.2, 0.25) is 0 Å². The van der Waals surface area contributed by atoms with Gasteiger partial charge in [0, 0.05) is 11.9 Å². The average molecular weight is 486 g/mol. The van der Waals surface area contributed by atoms with E-state index < -0.39 is 5.97 Å². The van der Waals surface area contributed by atoms with Crippen molar-refractivity contribution in [2.75, 3.05) is 5.32 Å². The van der Waals surface area contributed by atoms with Crippen LogP contribution in [0, 0.1) is 24.7 Å². The van der Waals surface area contributed by atoms with Crippen molar-refractivity contribution in [2.45, 2.75) is 57.7 Å². The molecule has 0 unspecified atom stereocenters. The van der Waals surface area contributed by atoms with Crippen LogP contribution in [0.1, 0.15) is 70.5 Å². The van der Waals surface area contributed by atoms with Gasteiger partial charge in [-0.2, -0.15) is 5.10 Å². The summed E-state index contributed by atoms with van der Waals surface area (Å²) in [7, 11) is 0. The SMILES string of the molecule is Cc1ccccc1-n1cc(C(=O)Nc2cccc(C(=O)O)c2)c(COC23CC4CC(CC(C4)C2)C3)n1. The maximum absolute atomic E-state index is 13.4. The summed E-state index contributed by atoms with van der Waals surface area (Å²) in [4.78, 5) is 24.8. The Bertz CT molecular complexity index is 1290. The highest BCUT2D eigenvalue weighted by Crippen LogP contribution is 2.57. The van der Waals surface area contributed by atoms with E-state index in [9.17, 15) is 14.7 Å². The Kier molecular flexibility index (Phi) is 5.67. The third-order valence-electron chi connectivity index (χ3n) is 8.26. The van der Waals surface area contributed by atoms with Gasteiger partial charge < -0.3 is 15.2 Å². The number of nitrogens with one attached hydrogen (secondary N) is 1. The molecular weight excluding hydrogens is 454 g/mol. The van der Waals surface area contributed by atoms with Gasteiger partial charge in [0.25, 0.3) is 5.91 Å². The van der Waals surface area contributed by atoms with E-state index in [1.54, 1.807) is 23.0 Å². The molecule has 4 saturated carbocycles. The number of aromatic nitrogens is 2. The average Bonchev–Trinajstić information content (AvgIpc) is 3.27. The van der Waals surface area contributed by atoms with Crippen LogP contribution in [0.5, 0.6) is 0 Å². The summed E-state index contributed by atoms with van der Waals surface area (Å²) < 4.78 is 8.41. The number of carbonyl (C=O) groups is 2. The lowest BCUT2D eigenvalue weighted by Gasteiger charge is -2.56. The molecule has 4 bridgehead atoms. The second kappa shape index (κ2) is 8.89. The van der Waals surface area contributed by atoms with Crippen molar-refractivity contribution in [1.29, 1.82) is 0 Å². The number of anilines is 1. The zero-order valence-corrected chi connectivity index (χ0v) is 20.4. The Labute approximate surface area is 210 Å². The number of rotatable bonds is 7. The van der Waals surface area contributed by atoms with Gasteiger partial charge in [-0.25, -0.2) is 9.48 Å². The molecule has 3 aromatic rings. The summed E-state index contributed by atoms with van der Waals surface area (Å²) >= 11 is 0. The molecule has 1 aromatic heterocycles. The molecule has 0 aliphatic heterocycles. The number of amides is 1. The van der Waals surface area contributed by atoms with Crippen molar-refractivity contribution < 1.29 is 19.4 Å². The van der Waals surface area contributed by atoms with E-state index in [1.807, 2.05) is 31.2 Å². The molecule has 0 spiro atoms. The molecule has 4 fully saturated rings. The van der Waals surface area contributed by atoms with Crippen molar-refractivity contribution >= 4 is 17.6 Å². The summed E-state index contributed by atoms with van der Waals surface area (Å²) in [6.45, 7) is 2.29. The van der Waals surface area contributed by atoms with Gasteiger partial charge in [-0.15, -0.1) is 0 Å². The number of carboxylic acids is 1. The maximum atomic E-state index is 13.4. The smallest absolute Gasteiger partial charge is 0.335 e. The highest BCUT2D eigenvalue weighted by molar-refractivity contribution is 6.05. The lowest BCUT2D eigenvalue weighted by atomic mass is 9.54. The van der Waals surface area contributed by atoms with Gasteiger partial charge in [0.1, 0.15) is 5.69 Å². The topological polar surface area (TPSA) is 93.5 Å². The number of aromatic carboxylic acids is 1. The van der Waals surface area contributed by atoms with Crippen LogP contribution in [0.4, 0.5) is 5.69 Å². The van der Waals surface area contributed by atoms with E-state index in [2.05, 4.69) is 5.32 Å².